The molecule has 2 rings (SSSR count). The molecule has 0 radical (unpaired) electrons. The highest BCUT2D eigenvalue weighted by atomic mass is 16.5. The van der Waals surface area contributed by atoms with Crippen LogP contribution >= 0.6 is 0 Å². The number of rotatable bonds is 1. The maximum absolute atomic E-state index is 10.9. The summed E-state index contributed by atoms with van der Waals surface area (Å²) in [4.78, 5) is 17.8. The molecule has 0 fully saturated rings. The smallest absolute Gasteiger partial charge is 0.293 e. The van der Waals surface area contributed by atoms with Crippen LogP contribution in [0.2, 0.25) is 0 Å². The Morgan fingerprint density at radius 2 is 2.31 bits per heavy atom. The molecule has 0 aliphatic heterocycles. The van der Waals surface area contributed by atoms with Gasteiger partial charge in [0.05, 0.1) is 0 Å². The zero-order chi connectivity index (χ0) is 9.26. The summed E-state index contributed by atoms with van der Waals surface area (Å²) in [5.41, 5.74) is 2.33. The maximum atomic E-state index is 10.9. The molecular formula is C8H7N3O2. The van der Waals surface area contributed by atoms with Crippen molar-refractivity contribution < 1.29 is 10.0 Å². The van der Waals surface area contributed by atoms with E-state index in [-0.39, 0.29) is 5.69 Å². The summed E-state index contributed by atoms with van der Waals surface area (Å²) in [5.74, 6) is -0.614. The number of amides is 1. The van der Waals surface area contributed by atoms with Gasteiger partial charge in [-0.3, -0.25) is 10.0 Å². The molecule has 13 heavy (non-hydrogen) atoms. The number of fused-ring (bicyclic) bond motifs is 1. The number of hydroxylamine groups is 1. The van der Waals surface area contributed by atoms with Gasteiger partial charge in [-0.15, -0.1) is 0 Å². The minimum Gasteiger partial charge on any atom is -0.346 e. The molecule has 5 nitrogen and oxygen atoms in total. The number of nitrogens with one attached hydrogen (secondary N) is 2. The standard InChI is InChI=1S/C8H7N3O2/c12-8(11-13)6-2-1-5-3-4-9-7(5)10-6/h1-4,13H,(H,9,10)(H,11,12). The molecule has 0 aliphatic rings. The lowest BCUT2D eigenvalue weighted by Crippen LogP contribution is -2.19. The number of aromatic amines is 1. The number of aromatic nitrogens is 2. The van der Waals surface area contributed by atoms with Crippen molar-refractivity contribution in [1.82, 2.24) is 15.4 Å². The Kier molecular flexibility index (Phi) is 1.71. The number of carbonyl (C=O) groups is 1. The van der Waals surface area contributed by atoms with Crippen molar-refractivity contribution in [2.24, 2.45) is 0 Å². The Labute approximate surface area is 73.4 Å². The minimum absolute atomic E-state index is 0.178. The first-order valence-corrected chi connectivity index (χ1v) is 3.70. The number of pyridine rings is 1. The van der Waals surface area contributed by atoms with E-state index in [2.05, 4.69) is 9.97 Å². The highest BCUT2D eigenvalue weighted by Crippen LogP contribution is 2.09. The lowest BCUT2D eigenvalue weighted by atomic mass is 10.3. The van der Waals surface area contributed by atoms with Gasteiger partial charge in [0.25, 0.3) is 5.91 Å². The third-order valence-electron chi connectivity index (χ3n) is 1.74. The lowest BCUT2D eigenvalue weighted by Gasteiger charge is -1.96. The van der Waals surface area contributed by atoms with E-state index in [1.54, 1.807) is 18.3 Å². The fraction of sp³-hybridized carbons (Fsp3) is 0. The van der Waals surface area contributed by atoms with Crippen molar-refractivity contribution in [3.63, 3.8) is 0 Å². The third-order valence-corrected chi connectivity index (χ3v) is 1.74. The predicted octanol–water partition coefficient (Wildman–Crippen LogP) is 0.682. The molecule has 1 amide bonds. The van der Waals surface area contributed by atoms with Gasteiger partial charge in [-0.1, -0.05) is 0 Å². The Balaban J connectivity index is 2.54. The van der Waals surface area contributed by atoms with E-state index in [0.717, 1.165) is 5.39 Å². The zero-order valence-corrected chi connectivity index (χ0v) is 6.61. The van der Waals surface area contributed by atoms with Crippen LogP contribution in [0.3, 0.4) is 0 Å². The summed E-state index contributed by atoms with van der Waals surface area (Å²) in [6, 6.07) is 5.15. The van der Waals surface area contributed by atoms with Crippen molar-refractivity contribution in [3.8, 4) is 0 Å². The van der Waals surface area contributed by atoms with Crippen LogP contribution < -0.4 is 5.48 Å². The van der Waals surface area contributed by atoms with Gasteiger partial charge in [-0.05, 0) is 18.2 Å². The molecule has 0 saturated carbocycles. The molecule has 0 spiro atoms. The number of H-pyrrole nitrogens is 1. The van der Waals surface area contributed by atoms with E-state index >= 15 is 0 Å². The molecule has 0 aromatic carbocycles. The number of hydrogen-bond acceptors (Lipinski definition) is 3. The largest absolute Gasteiger partial charge is 0.346 e. The van der Waals surface area contributed by atoms with Gasteiger partial charge in [0, 0.05) is 11.6 Å². The van der Waals surface area contributed by atoms with Crippen LogP contribution in [0.25, 0.3) is 11.0 Å². The van der Waals surface area contributed by atoms with Gasteiger partial charge in [0.2, 0.25) is 0 Å². The SMILES string of the molecule is O=C(NO)c1ccc2cc[nH]c2n1. The molecule has 2 aromatic heterocycles. The normalized spacial score (nSPS) is 10.2. The van der Waals surface area contributed by atoms with Crippen molar-refractivity contribution in [3.05, 3.63) is 30.1 Å². The molecule has 0 unspecified atom stereocenters. The highest BCUT2D eigenvalue weighted by Gasteiger charge is 2.06. The average Bonchev–Trinajstić information content (AvgIpc) is 2.63. The second-order valence-corrected chi connectivity index (χ2v) is 2.55. The maximum Gasteiger partial charge on any atom is 0.293 e. The lowest BCUT2D eigenvalue weighted by molar-refractivity contribution is 0.0701. The fourth-order valence-electron chi connectivity index (χ4n) is 1.11. The Morgan fingerprint density at radius 1 is 1.46 bits per heavy atom. The number of nitrogens with zero attached hydrogens (tertiary/aromatic N) is 1. The van der Waals surface area contributed by atoms with Crippen LogP contribution in [0, 0.1) is 0 Å². The van der Waals surface area contributed by atoms with E-state index in [1.165, 1.54) is 5.48 Å². The fourth-order valence-corrected chi connectivity index (χ4v) is 1.11. The van der Waals surface area contributed by atoms with Crippen LogP contribution in [0.5, 0.6) is 0 Å². The van der Waals surface area contributed by atoms with Crippen molar-refractivity contribution in [1.29, 1.82) is 0 Å². The van der Waals surface area contributed by atoms with Gasteiger partial charge in [-0.25, -0.2) is 10.5 Å². The quantitative estimate of drug-likeness (QED) is 0.442. The highest BCUT2D eigenvalue weighted by molar-refractivity contribution is 5.93. The molecule has 0 aliphatic carbocycles. The molecule has 0 saturated heterocycles. The molecule has 2 aromatic rings. The van der Waals surface area contributed by atoms with E-state index in [4.69, 9.17) is 5.21 Å². The van der Waals surface area contributed by atoms with Crippen LogP contribution in [-0.2, 0) is 0 Å². The number of hydrogen-bond donors (Lipinski definition) is 3. The topological polar surface area (TPSA) is 78.0 Å². The van der Waals surface area contributed by atoms with Crippen LogP contribution in [-0.4, -0.2) is 21.1 Å². The monoisotopic (exact) mass is 177 g/mol. The van der Waals surface area contributed by atoms with Crippen molar-refractivity contribution >= 4 is 16.9 Å². The molecule has 2 heterocycles. The van der Waals surface area contributed by atoms with Crippen LogP contribution in [0.1, 0.15) is 10.5 Å². The first kappa shape index (κ1) is 7.75. The molecule has 5 heteroatoms. The second kappa shape index (κ2) is 2.87. The first-order chi connectivity index (χ1) is 6.31. The molecule has 0 atom stereocenters. The van der Waals surface area contributed by atoms with Gasteiger partial charge in [0.15, 0.2) is 0 Å². The minimum atomic E-state index is -0.614. The summed E-state index contributed by atoms with van der Waals surface area (Å²) in [7, 11) is 0. The molecule has 0 bridgehead atoms. The molecule has 3 N–H and O–H groups in total. The van der Waals surface area contributed by atoms with Crippen LogP contribution in [0.4, 0.5) is 0 Å². The van der Waals surface area contributed by atoms with Crippen LogP contribution in [0.15, 0.2) is 24.4 Å². The summed E-state index contributed by atoms with van der Waals surface area (Å²) in [6.07, 6.45) is 1.73. The van der Waals surface area contributed by atoms with E-state index in [1.807, 2.05) is 6.07 Å². The zero-order valence-electron chi connectivity index (χ0n) is 6.61. The van der Waals surface area contributed by atoms with E-state index < -0.39 is 5.91 Å². The van der Waals surface area contributed by atoms with Gasteiger partial charge < -0.3 is 4.98 Å². The van der Waals surface area contributed by atoms with E-state index in [0.29, 0.717) is 5.65 Å². The third kappa shape index (κ3) is 1.25. The summed E-state index contributed by atoms with van der Waals surface area (Å²) in [6.45, 7) is 0. The van der Waals surface area contributed by atoms with Gasteiger partial charge >= 0.3 is 0 Å². The van der Waals surface area contributed by atoms with Crippen molar-refractivity contribution in [2.45, 2.75) is 0 Å². The van der Waals surface area contributed by atoms with Gasteiger partial charge in [-0.2, -0.15) is 0 Å². The predicted molar refractivity (Wildman–Crippen MR) is 45.3 cm³/mol. The van der Waals surface area contributed by atoms with Gasteiger partial charge in [0.1, 0.15) is 11.3 Å². The Hall–Kier alpha value is -1.88. The second-order valence-electron chi connectivity index (χ2n) is 2.55. The number of carbonyl (C=O) groups excluding carboxylic acids is 1. The summed E-state index contributed by atoms with van der Waals surface area (Å²) in [5, 5.41) is 9.29. The summed E-state index contributed by atoms with van der Waals surface area (Å²) < 4.78 is 0. The summed E-state index contributed by atoms with van der Waals surface area (Å²) >= 11 is 0. The first-order valence-electron chi connectivity index (χ1n) is 3.70. The molecular weight excluding hydrogens is 170 g/mol. The molecule has 66 valence electrons. The van der Waals surface area contributed by atoms with E-state index in [9.17, 15) is 4.79 Å². The Morgan fingerprint density at radius 3 is 3.08 bits per heavy atom. The Bertz CT molecular complexity index is 449. The average molecular weight is 177 g/mol. The van der Waals surface area contributed by atoms with Crippen molar-refractivity contribution in [2.75, 3.05) is 0 Å².